The number of hydrogen-bond donors (Lipinski definition) is 2. The van der Waals surface area contributed by atoms with Crippen LogP contribution in [0.4, 0.5) is 0 Å². The summed E-state index contributed by atoms with van der Waals surface area (Å²) in [5.41, 5.74) is 8.99. The molecule has 21 heavy (non-hydrogen) atoms. The summed E-state index contributed by atoms with van der Waals surface area (Å²) in [6, 6.07) is 9.86. The molecule has 5 heteroatoms. The number of amides is 2. The Kier molecular flexibility index (Phi) is 7.50. The molecule has 0 bridgehead atoms. The Morgan fingerprint density at radius 2 is 1.95 bits per heavy atom. The molecule has 0 aliphatic heterocycles. The maximum absolute atomic E-state index is 11.0. The number of unbranched alkanes of at least 4 members (excludes halogenated alkanes) is 2. The third kappa shape index (κ3) is 7.06. The van der Waals surface area contributed by atoms with Crippen LogP contribution in [0.5, 0.6) is 0 Å². The summed E-state index contributed by atoms with van der Waals surface area (Å²) < 4.78 is 0. The van der Waals surface area contributed by atoms with E-state index < -0.39 is 11.8 Å². The molecular weight excluding hydrogens is 266 g/mol. The van der Waals surface area contributed by atoms with Crippen LogP contribution in [-0.2, 0) is 9.59 Å². The van der Waals surface area contributed by atoms with Crippen molar-refractivity contribution in [1.29, 1.82) is 0 Å². The van der Waals surface area contributed by atoms with Crippen LogP contribution in [0.1, 0.15) is 38.2 Å². The van der Waals surface area contributed by atoms with Gasteiger partial charge in [-0.05, 0) is 24.0 Å². The molecule has 3 N–H and O–H groups in total. The lowest BCUT2D eigenvalue weighted by Crippen LogP contribution is -2.32. The van der Waals surface area contributed by atoms with E-state index in [0.29, 0.717) is 0 Å². The van der Waals surface area contributed by atoms with Gasteiger partial charge >= 0.3 is 11.8 Å². The Labute approximate surface area is 124 Å². The van der Waals surface area contributed by atoms with E-state index >= 15 is 0 Å². The summed E-state index contributed by atoms with van der Waals surface area (Å²) in [5.74, 6) is -1.97. The van der Waals surface area contributed by atoms with E-state index in [-0.39, 0.29) is 0 Å². The first-order chi connectivity index (χ1) is 10.1. The van der Waals surface area contributed by atoms with Gasteiger partial charge in [0.15, 0.2) is 0 Å². The van der Waals surface area contributed by atoms with Gasteiger partial charge in [0.1, 0.15) is 0 Å². The van der Waals surface area contributed by atoms with E-state index in [0.717, 1.165) is 36.8 Å². The molecule has 0 aromatic heterocycles. The Morgan fingerprint density at radius 1 is 1.24 bits per heavy atom. The molecule has 0 unspecified atom stereocenters. The molecule has 0 radical (unpaired) electrons. The average molecular weight is 287 g/mol. The number of allylic oxidation sites excluding steroid dienone is 1. The van der Waals surface area contributed by atoms with E-state index in [2.05, 4.69) is 17.5 Å². The second kappa shape index (κ2) is 9.47. The van der Waals surface area contributed by atoms with Crippen molar-refractivity contribution in [3.63, 3.8) is 0 Å². The number of nitrogens with zero attached hydrogens (tertiary/aromatic N) is 1. The topological polar surface area (TPSA) is 84.6 Å². The summed E-state index contributed by atoms with van der Waals surface area (Å²) in [6.07, 6.45) is 7.74. The molecular formula is C16H21N3O2. The van der Waals surface area contributed by atoms with Gasteiger partial charge in [-0.3, -0.25) is 9.59 Å². The lowest BCUT2D eigenvalue weighted by atomic mass is 10.1. The molecule has 1 rings (SSSR count). The zero-order chi connectivity index (χ0) is 15.5. The number of carbonyl (C=O) groups excluding carboxylic acids is 2. The van der Waals surface area contributed by atoms with Crippen LogP contribution in [0.3, 0.4) is 0 Å². The number of carbonyl (C=O) groups is 2. The van der Waals surface area contributed by atoms with Gasteiger partial charge < -0.3 is 5.73 Å². The van der Waals surface area contributed by atoms with Gasteiger partial charge in [0.05, 0.1) is 6.21 Å². The fraction of sp³-hybridized carbons (Fsp3) is 0.312. The van der Waals surface area contributed by atoms with Gasteiger partial charge in [0.25, 0.3) is 0 Å². The fourth-order valence-corrected chi connectivity index (χ4v) is 1.75. The van der Waals surface area contributed by atoms with Crippen molar-refractivity contribution in [2.75, 3.05) is 0 Å². The summed E-state index contributed by atoms with van der Waals surface area (Å²) >= 11 is 0. The third-order valence-electron chi connectivity index (χ3n) is 2.84. The zero-order valence-electron chi connectivity index (χ0n) is 12.2. The molecule has 0 aliphatic rings. The molecule has 1 aromatic carbocycles. The second-order valence-electron chi connectivity index (χ2n) is 4.65. The van der Waals surface area contributed by atoms with Crippen LogP contribution in [0, 0.1) is 0 Å². The summed E-state index contributed by atoms with van der Waals surface area (Å²) in [4.78, 5) is 21.6. The standard InChI is InChI=1S/C16H21N3O2/c1-2-3-5-10-14(11-13-8-6-4-7-9-13)12-18-19-16(21)15(17)20/h4,6-9,11-12H,2-3,5,10H2,1H3,(H2,17,20)(H,19,21)/b14-11-,18-12-. The maximum atomic E-state index is 11.0. The van der Waals surface area contributed by atoms with Crippen molar-refractivity contribution >= 4 is 24.1 Å². The maximum Gasteiger partial charge on any atom is 0.329 e. The number of hydrogen-bond acceptors (Lipinski definition) is 3. The Morgan fingerprint density at radius 3 is 2.57 bits per heavy atom. The lowest BCUT2D eigenvalue weighted by molar-refractivity contribution is -0.137. The highest BCUT2D eigenvalue weighted by Crippen LogP contribution is 2.12. The number of primary amides is 1. The molecule has 0 heterocycles. The normalized spacial score (nSPS) is 11.6. The molecule has 0 fully saturated rings. The quantitative estimate of drug-likeness (QED) is 0.349. The van der Waals surface area contributed by atoms with Crippen molar-refractivity contribution in [1.82, 2.24) is 5.43 Å². The molecule has 0 saturated carbocycles. The molecule has 0 spiro atoms. The highest BCUT2D eigenvalue weighted by atomic mass is 16.2. The van der Waals surface area contributed by atoms with Gasteiger partial charge in [0, 0.05) is 0 Å². The van der Waals surface area contributed by atoms with Crippen molar-refractivity contribution in [3.05, 3.63) is 41.5 Å². The van der Waals surface area contributed by atoms with Crippen molar-refractivity contribution in [2.24, 2.45) is 10.8 Å². The predicted molar refractivity (Wildman–Crippen MR) is 84.4 cm³/mol. The van der Waals surface area contributed by atoms with Crippen LogP contribution in [0.25, 0.3) is 6.08 Å². The molecule has 0 atom stereocenters. The highest BCUT2D eigenvalue weighted by Gasteiger charge is 2.05. The molecule has 2 amide bonds. The minimum atomic E-state index is -1.05. The lowest BCUT2D eigenvalue weighted by Gasteiger charge is -2.02. The van der Waals surface area contributed by atoms with E-state index in [9.17, 15) is 9.59 Å². The van der Waals surface area contributed by atoms with Gasteiger partial charge in [0.2, 0.25) is 0 Å². The van der Waals surface area contributed by atoms with Gasteiger partial charge in [-0.15, -0.1) is 0 Å². The molecule has 5 nitrogen and oxygen atoms in total. The highest BCUT2D eigenvalue weighted by molar-refractivity contribution is 6.34. The van der Waals surface area contributed by atoms with Crippen LogP contribution < -0.4 is 11.2 Å². The summed E-state index contributed by atoms with van der Waals surface area (Å²) in [7, 11) is 0. The monoisotopic (exact) mass is 287 g/mol. The van der Waals surface area contributed by atoms with Crippen molar-refractivity contribution in [2.45, 2.75) is 32.6 Å². The van der Waals surface area contributed by atoms with E-state index in [1.807, 2.05) is 36.4 Å². The number of rotatable bonds is 7. The van der Waals surface area contributed by atoms with Crippen LogP contribution >= 0.6 is 0 Å². The first-order valence-electron chi connectivity index (χ1n) is 7.02. The average Bonchev–Trinajstić information content (AvgIpc) is 2.48. The van der Waals surface area contributed by atoms with Gasteiger partial charge in [-0.25, -0.2) is 5.43 Å². The number of nitrogens with two attached hydrogens (primary N) is 1. The second-order valence-corrected chi connectivity index (χ2v) is 4.65. The Balaban J connectivity index is 2.72. The fourth-order valence-electron chi connectivity index (χ4n) is 1.75. The molecule has 0 aliphatic carbocycles. The largest absolute Gasteiger partial charge is 0.361 e. The first-order valence-corrected chi connectivity index (χ1v) is 7.02. The van der Waals surface area contributed by atoms with E-state index in [1.54, 1.807) is 6.21 Å². The van der Waals surface area contributed by atoms with E-state index in [1.165, 1.54) is 0 Å². The van der Waals surface area contributed by atoms with E-state index in [4.69, 9.17) is 5.73 Å². The van der Waals surface area contributed by atoms with Crippen LogP contribution in [-0.4, -0.2) is 18.0 Å². The predicted octanol–water partition coefficient (Wildman–Crippen LogP) is 2.24. The first kappa shape index (κ1) is 16.6. The van der Waals surface area contributed by atoms with Crippen molar-refractivity contribution < 1.29 is 9.59 Å². The molecule has 112 valence electrons. The zero-order valence-corrected chi connectivity index (χ0v) is 12.2. The van der Waals surface area contributed by atoms with Gasteiger partial charge in [-0.1, -0.05) is 56.2 Å². The summed E-state index contributed by atoms with van der Waals surface area (Å²) in [6.45, 7) is 2.14. The number of benzene rings is 1. The molecule has 0 saturated heterocycles. The van der Waals surface area contributed by atoms with Crippen LogP contribution in [0.15, 0.2) is 41.0 Å². The Bertz CT molecular complexity index is 522. The molecule has 1 aromatic rings. The van der Waals surface area contributed by atoms with Crippen LogP contribution in [0.2, 0.25) is 0 Å². The van der Waals surface area contributed by atoms with Gasteiger partial charge in [-0.2, -0.15) is 5.10 Å². The smallest absolute Gasteiger partial charge is 0.329 e. The Hall–Kier alpha value is -2.43. The third-order valence-corrected chi connectivity index (χ3v) is 2.84. The number of hydrazone groups is 1. The minimum absolute atomic E-state index is 0.860. The minimum Gasteiger partial charge on any atom is -0.361 e. The van der Waals surface area contributed by atoms with Crippen molar-refractivity contribution in [3.8, 4) is 0 Å². The SMILES string of the molecule is CCCCCC(/C=N\NC(=O)C(N)=O)=C/c1ccccc1. The number of nitrogens with one attached hydrogen (secondary N) is 1. The summed E-state index contributed by atoms with van der Waals surface area (Å²) in [5, 5.41) is 3.77.